The Kier molecular flexibility index (Phi) is 4.23. The third kappa shape index (κ3) is 3.19. The fourth-order valence-corrected chi connectivity index (χ4v) is 2.02. The second-order valence-electron chi connectivity index (χ2n) is 4.49. The van der Waals surface area contributed by atoms with E-state index in [2.05, 4.69) is 10.4 Å². The summed E-state index contributed by atoms with van der Waals surface area (Å²) in [5.41, 5.74) is 1.59. The van der Waals surface area contributed by atoms with Gasteiger partial charge in [0, 0.05) is 10.7 Å². The molecule has 0 saturated heterocycles. The molecule has 0 spiro atoms. The summed E-state index contributed by atoms with van der Waals surface area (Å²) in [4.78, 5) is 22.2. The molecule has 110 valence electrons. The molecule has 1 aromatic carbocycles. The van der Waals surface area contributed by atoms with Crippen LogP contribution < -0.4 is 5.32 Å². The Morgan fingerprint density at radius 2 is 2.19 bits per heavy atom. The van der Waals surface area contributed by atoms with Gasteiger partial charge in [-0.1, -0.05) is 17.7 Å². The summed E-state index contributed by atoms with van der Waals surface area (Å²) in [6.07, 6.45) is 1.13. The number of benzene rings is 1. The molecule has 0 bridgehead atoms. The summed E-state index contributed by atoms with van der Waals surface area (Å²) in [6.45, 7) is 3.23. The van der Waals surface area contributed by atoms with Gasteiger partial charge in [-0.2, -0.15) is 5.10 Å². The van der Waals surface area contributed by atoms with Gasteiger partial charge in [-0.3, -0.25) is 19.6 Å². The number of amides is 1. The Labute approximate surface area is 125 Å². The third-order valence-corrected chi connectivity index (χ3v) is 3.52. The van der Waals surface area contributed by atoms with E-state index in [0.29, 0.717) is 16.4 Å². The fourth-order valence-electron chi connectivity index (χ4n) is 1.84. The number of anilines is 1. The molecule has 2 aromatic rings. The van der Waals surface area contributed by atoms with Crippen LogP contribution in [0.1, 0.15) is 11.3 Å². The van der Waals surface area contributed by atoms with E-state index in [4.69, 9.17) is 11.6 Å². The van der Waals surface area contributed by atoms with Crippen LogP contribution in [0.2, 0.25) is 5.02 Å². The summed E-state index contributed by atoms with van der Waals surface area (Å²) < 4.78 is 1.29. The van der Waals surface area contributed by atoms with Crippen molar-refractivity contribution in [2.75, 3.05) is 5.32 Å². The van der Waals surface area contributed by atoms with E-state index in [1.165, 1.54) is 4.68 Å². The molecule has 2 rings (SSSR count). The smallest absolute Gasteiger partial charge is 0.309 e. The molecule has 0 atom stereocenters. The van der Waals surface area contributed by atoms with Crippen LogP contribution in [0.3, 0.4) is 0 Å². The van der Waals surface area contributed by atoms with E-state index in [0.717, 1.165) is 11.8 Å². The summed E-state index contributed by atoms with van der Waals surface area (Å²) in [5, 5.41) is 17.8. The lowest BCUT2D eigenvalue weighted by atomic mass is 10.2. The van der Waals surface area contributed by atoms with Crippen molar-refractivity contribution >= 4 is 28.9 Å². The van der Waals surface area contributed by atoms with Gasteiger partial charge in [0.05, 0.1) is 4.92 Å². The van der Waals surface area contributed by atoms with E-state index < -0.39 is 4.92 Å². The molecular weight excluding hydrogens is 296 g/mol. The molecule has 1 heterocycles. The molecule has 1 N–H and O–H groups in total. The zero-order valence-corrected chi connectivity index (χ0v) is 12.2. The first-order chi connectivity index (χ1) is 9.90. The molecular formula is C13H13ClN4O3. The number of carbonyl (C=O) groups is 1. The number of nitro groups is 1. The lowest BCUT2D eigenvalue weighted by Crippen LogP contribution is -2.20. The molecule has 0 aliphatic rings. The van der Waals surface area contributed by atoms with E-state index >= 15 is 0 Å². The van der Waals surface area contributed by atoms with E-state index in [1.807, 2.05) is 0 Å². The maximum absolute atomic E-state index is 12.0. The van der Waals surface area contributed by atoms with Crippen LogP contribution in [0.15, 0.2) is 24.4 Å². The first-order valence-electron chi connectivity index (χ1n) is 6.12. The average Bonchev–Trinajstić information content (AvgIpc) is 2.77. The minimum absolute atomic E-state index is 0.106. The molecule has 1 amide bonds. The number of rotatable bonds is 4. The largest absolute Gasteiger partial charge is 0.324 e. The molecule has 0 radical (unpaired) electrons. The number of halogens is 1. The highest BCUT2D eigenvalue weighted by molar-refractivity contribution is 6.31. The van der Waals surface area contributed by atoms with Crippen LogP contribution in [0.25, 0.3) is 0 Å². The molecule has 8 heteroatoms. The van der Waals surface area contributed by atoms with Gasteiger partial charge in [-0.25, -0.2) is 0 Å². The van der Waals surface area contributed by atoms with E-state index in [1.54, 1.807) is 32.0 Å². The van der Waals surface area contributed by atoms with Crippen LogP contribution in [-0.2, 0) is 11.3 Å². The average molecular weight is 309 g/mol. The molecule has 21 heavy (non-hydrogen) atoms. The van der Waals surface area contributed by atoms with Crippen LogP contribution in [0, 0.1) is 24.0 Å². The minimum Gasteiger partial charge on any atom is -0.324 e. The van der Waals surface area contributed by atoms with Gasteiger partial charge in [0.2, 0.25) is 5.91 Å². The predicted octanol–water partition coefficient (Wildman–Crippen LogP) is 2.70. The number of aromatic nitrogens is 2. The fraction of sp³-hybridized carbons (Fsp3) is 0.231. The van der Waals surface area contributed by atoms with Crippen molar-refractivity contribution in [2.24, 2.45) is 0 Å². The molecule has 0 saturated carbocycles. The molecule has 0 unspecified atom stereocenters. The molecule has 0 aliphatic heterocycles. The van der Waals surface area contributed by atoms with Gasteiger partial charge in [0.15, 0.2) is 0 Å². The van der Waals surface area contributed by atoms with Crippen molar-refractivity contribution in [2.45, 2.75) is 20.4 Å². The monoisotopic (exact) mass is 308 g/mol. The zero-order chi connectivity index (χ0) is 15.6. The number of nitrogens with zero attached hydrogens (tertiary/aromatic N) is 3. The number of nitrogens with one attached hydrogen (secondary N) is 1. The molecule has 1 aromatic heterocycles. The van der Waals surface area contributed by atoms with Crippen molar-refractivity contribution < 1.29 is 9.72 Å². The molecule has 7 nitrogen and oxygen atoms in total. The lowest BCUT2D eigenvalue weighted by Gasteiger charge is -2.10. The van der Waals surface area contributed by atoms with Crippen molar-refractivity contribution in [1.82, 2.24) is 9.78 Å². The Bertz CT molecular complexity index is 711. The zero-order valence-electron chi connectivity index (χ0n) is 11.5. The molecule has 0 fully saturated rings. The van der Waals surface area contributed by atoms with E-state index in [-0.39, 0.29) is 18.1 Å². The first kappa shape index (κ1) is 15.0. The summed E-state index contributed by atoms with van der Waals surface area (Å²) >= 11 is 5.98. The maximum Gasteiger partial charge on any atom is 0.309 e. The Balaban J connectivity index is 2.12. The number of carbonyl (C=O) groups excluding carboxylic acids is 1. The van der Waals surface area contributed by atoms with Crippen LogP contribution >= 0.6 is 11.6 Å². The second-order valence-corrected chi connectivity index (χ2v) is 4.90. The summed E-state index contributed by atoms with van der Waals surface area (Å²) in [6, 6.07) is 5.19. The SMILES string of the molecule is Cc1c(Cl)cccc1NC(=O)Cn1ncc([N+](=O)[O-])c1C. The van der Waals surface area contributed by atoms with Gasteiger partial charge in [-0.05, 0) is 31.5 Å². The number of hydrogen-bond donors (Lipinski definition) is 1. The van der Waals surface area contributed by atoms with E-state index in [9.17, 15) is 14.9 Å². The Hall–Kier alpha value is -2.41. The highest BCUT2D eigenvalue weighted by Crippen LogP contribution is 2.23. The highest BCUT2D eigenvalue weighted by Gasteiger charge is 2.18. The summed E-state index contributed by atoms with van der Waals surface area (Å²) in [5.74, 6) is -0.332. The third-order valence-electron chi connectivity index (χ3n) is 3.11. The van der Waals surface area contributed by atoms with Crippen molar-refractivity contribution in [3.8, 4) is 0 Å². The van der Waals surface area contributed by atoms with Gasteiger partial charge in [0.25, 0.3) is 0 Å². The standard InChI is InChI=1S/C13H13ClN4O3/c1-8-10(14)4-3-5-11(8)16-13(19)7-17-9(2)12(6-15-17)18(20)21/h3-6H,7H2,1-2H3,(H,16,19). The van der Waals surface area contributed by atoms with Gasteiger partial charge in [0.1, 0.15) is 18.4 Å². The lowest BCUT2D eigenvalue weighted by molar-refractivity contribution is -0.385. The Morgan fingerprint density at radius 1 is 1.48 bits per heavy atom. The Morgan fingerprint density at radius 3 is 2.81 bits per heavy atom. The van der Waals surface area contributed by atoms with Crippen molar-refractivity contribution in [3.63, 3.8) is 0 Å². The second kappa shape index (κ2) is 5.92. The van der Waals surface area contributed by atoms with Gasteiger partial charge in [-0.15, -0.1) is 0 Å². The van der Waals surface area contributed by atoms with Crippen LogP contribution in [0.4, 0.5) is 11.4 Å². The first-order valence-corrected chi connectivity index (χ1v) is 6.49. The molecule has 0 aliphatic carbocycles. The topological polar surface area (TPSA) is 90.1 Å². The quantitative estimate of drug-likeness (QED) is 0.694. The minimum atomic E-state index is -0.530. The van der Waals surface area contributed by atoms with Crippen LogP contribution in [0.5, 0.6) is 0 Å². The predicted molar refractivity (Wildman–Crippen MR) is 78.4 cm³/mol. The maximum atomic E-state index is 12.0. The van der Waals surface area contributed by atoms with Gasteiger partial charge >= 0.3 is 5.69 Å². The van der Waals surface area contributed by atoms with Crippen LogP contribution in [-0.4, -0.2) is 20.6 Å². The highest BCUT2D eigenvalue weighted by atomic mass is 35.5. The van der Waals surface area contributed by atoms with Crippen molar-refractivity contribution in [3.05, 3.63) is 50.8 Å². The van der Waals surface area contributed by atoms with Crippen molar-refractivity contribution in [1.29, 1.82) is 0 Å². The normalized spacial score (nSPS) is 10.4. The number of hydrogen-bond acceptors (Lipinski definition) is 4. The van der Waals surface area contributed by atoms with Gasteiger partial charge < -0.3 is 5.32 Å². The summed E-state index contributed by atoms with van der Waals surface area (Å²) in [7, 11) is 0.